The Morgan fingerprint density at radius 1 is 0.672 bits per heavy atom. The van der Waals surface area contributed by atoms with Crippen LogP contribution < -0.4 is 21.7 Å². The maximum Gasteiger partial charge on any atom is 0.373 e. The van der Waals surface area contributed by atoms with Crippen LogP contribution >= 0.6 is 0 Å². The van der Waals surface area contributed by atoms with Crippen molar-refractivity contribution in [3.8, 4) is 0 Å². The van der Waals surface area contributed by atoms with Crippen LogP contribution in [0.1, 0.15) is 117 Å². The minimum absolute atomic E-state index is 0.0653. The minimum Gasteiger partial charge on any atom is -0.473 e. The van der Waals surface area contributed by atoms with Crippen LogP contribution in [0.25, 0.3) is 0 Å². The molecule has 15 nitrogen and oxygen atoms in total. The van der Waals surface area contributed by atoms with Crippen LogP contribution in [-0.2, 0) is 9.59 Å². The second-order valence-electron chi connectivity index (χ2n) is 22.7. The van der Waals surface area contributed by atoms with E-state index in [1.54, 1.807) is 24.7 Å². The van der Waals surface area contributed by atoms with Gasteiger partial charge in [-0.25, -0.2) is 9.59 Å². The molecule has 6 aliphatic rings. The maximum absolute atomic E-state index is 13.2. The summed E-state index contributed by atoms with van der Waals surface area (Å²) in [5.74, 6) is 2.80. The molecule has 0 aromatic carbocycles. The van der Waals surface area contributed by atoms with Gasteiger partial charge in [0.1, 0.15) is 0 Å². The van der Waals surface area contributed by atoms with Gasteiger partial charge in [0.15, 0.2) is 5.76 Å². The van der Waals surface area contributed by atoms with Crippen molar-refractivity contribution in [2.45, 2.75) is 119 Å². The molecule has 4 saturated carbocycles. The van der Waals surface area contributed by atoms with Crippen molar-refractivity contribution < 1.29 is 32.8 Å². The van der Waals surface area contributed by atoms with Crippen molar-refractivity contribution in [3.05, 3.63) is 48.8 Å². The van der Waals surface area contributed by atoms with Gasteiger partial charge in [0, 0.05) is 71.0 Å². The summed E-state index contributed by atoms with van der Waals surface area (Å²) < 4.78 is 9.88. The molecule has 8 rings (SSSR count). The second-order valence-corrected chi connectivity index (χ2v) is 22.7. The van der Waals surface area contributed by atoms with Crippen LogP contribution in [0.4, 0.5) is 9.59 Å². The van der Waals surface area contributed by atoms with E-state index in [0.29, 0.717) is 46.8 Å². The number of likely N-dealkylation sites (N-methyl/N-ethyl adjacent to an activating group) is 2. The van der Waals surface area contributed by atoms with Gasteiger partial charge < -0.3 is 50.1 Å². The SMILES string of the molecule is C[C@@H]1[C@H](NC(=O)N2CCN(C)CC2)CC2C(C)(C)CCC[C@]2(C)[C@H]1CN.C[C@@H]1[C@H](NC(=O)N2CCN(C)CC2)CC2C(C)(C)CCC[C@]2(C)[C@H]1CNC(=O)c1ccco1.O=C=O.c1ccoc1. The van der Waals surface area contributed by atoms with Crippen LogP contribution in [-0.4, -0.2) is 135 Å². The molecule has 2 unspecified atom stereocenters. The van der Waals surface area contributed by atoms with Gasteiger partial charge in [0.25, 0.3) is 5.91 Å². The lowest BCUT2D eigenvalue weighted by molar-refractivity contribution is -0.191. The molecule has 2 aromatic heterocycles. The number of carbonyl (C=O) groups is 3. The van der Waals surface area contributed by atoms with E-state index in [1.165, 1.54) is 44.8 Å². The molecule has 0 spiro atoms. The number of nitrogens with zero attached hydrogens (tertiary/aromatic N) is 4. The Morgan fingerprint density at radius 3 is 1.49 bits per heavy atom. The summed E-state index contributed by atoms with van der Waals surface area (Å²) in [6, 6.07) is 7.65. The Labute approximate surface area is 401 Å². The molecule has 5 amide bonds. The highest BCUT2D eigenvalue weighted by Gasteiger charge is 2.58. The fraction of sp³-hybridized carbons (Fsp3) is 0.769. The molecule has 4 aliphatic carbocycles. The first-order valence-corrected chi connectivity index (χ1v) is 25.2. The molecule has 2 aromatic rings. The van der Waals surface area contributed by atoms with Gasteiger partial charge in [-0.2, -0.15) is 9.59 Å². The average Bonchev–Trinajstić information content (AvgIpc) is 4.05. The number of fused-ring (bicyclic) bond motifs is 2. The minimum atomic E-state index is -0.161. The summed E-state index contributed by atoms with van der Waals surface area (Å²) in [6.45, 7) is 27.4. The summed E-state index contributed by atoms with van der Waals surface area (Å²) >= 11 is 0. The zero-order valence-corrected chi connectivity index (χ0v) is 42.6. The lowest BCUT2D eigenvalue weighted by Crippen LogP contribution is -2.62. The van der Waals surface area contributed by atoms with E-state index in [0.717, 1.165) is 71.7 Å². The van der Waals surface area contributed by atoms with E-state index in [-0.39, 0.29) is 58.9 Å². The first kappa shape index (κ1) is 53.8. The summed E-state index contributed by atoms with van der Waals surface area (Å²) in [5, 5.41) is 9.99. The number of rotatable bonds is 6. The zero-order valence-electron chi connectivity index (χ0n) is 42.6. The largest absolute Gasteiger partial charge is 0.473 e. The number of piperazine rings is 2. The maximum atomic E-state index is 13.2. The van der Waals surface area contributed by atoms with E-state index in [9.17, 15) is 14.4 Å². The average molecular weight is 935 g/mol. The third kappa shape index (κ3) is 12.9. The molecular formula is C52H86N8O7. The van der Waals surface area contributed by atoms with Crippen LogP contribution in [0.3, 0.4) is 0 Å². The Bertz CT molecular complexity index is 1850. The summed E-state index contributed by atoms with van der Waals surface area (Å²) in [6.07, 6.45) is 14.6. The molecule has 67 heavy (non-hydrogen) atoms. The summed E-state index contributed by atoms with van der Waals surface area (Å²) in [4.78, 5) is 63.4. The monoisotopic (exact) mass is 935 g/mol. The second kappa shape index (κ2) is 23.4. The van der Waals surface area contributed by atoms with Gasteiger partial charge in [-0.05, 0) is 141 Å². The fourth-order valence-electron chi connectivity index (χ4n) is 13.8. The smallest absolute Gasteiger partial charge is 0.373 e. The number of urea groups is 2. The van der Waals surface area contributed by atoms with Crippen molar-refractivity contribution in [2.75, 3.05) is 79.5 Å². The predicted octanol–water partition coefficient (Wildman–Crippen LogP) is 7.28. The highest BCUT2D eigenvalue weighted by molar-refractivity contribution is 5.91. The lowest BCUT2D eigenvalue weighted by Gasteiger charge is -2.61. The van der Waals surface area contributed by atoms with Crippen molar-refractivity contribution in [1.82, 2.24) is 35.6 Å². The molecule has 15 heteroatoms. The Morgan fingerprint density at radius 2 is 1.10 bits per heavy atom. The van der Waals surface area contributed by atoms with E-state index in [2.05, 4.69) is 99.7 Å². The van der Waals surface area contributed by atoms with Gasteiger partial charge in [-0.3, -0.25) is 4.79 Å². The van der Waals surface area contributed by atoms with Gasteiger partial charge in [-0.1, -0.05) is 68.2 Å². The number of hydrogen-bond acceptors (Lipinski definition) is 10. The van der Waals surface area contributed by atoms with Crippen LogP contribution in [0, 0.1) is 57.2 Å². The summed E-state index contributed by atoms with van der Waals surface area (Å²) in [5.41, 5.74) is 7.29. The molecule has 10 atom stereocenters. The molecule has 0 bridgehead atoms. The first-order chi connectivity index (χ1) is 31.7. The standard InChI is InChI=1S/C26H42N4O3.C21H40N4O.C4H4O.CO2/c1-18-19(17-27-23(31)21-8-6-15-33-21)26(4)10-7-9-25(2,3)22(26)16-20(18)28-24(32)30-13-11-29(5)12-14-30;1-15-16(14-22)21(4)8-6-7-20(2,3)18(21)13-17(15)23-19(26)25-11-9-24(5)10-12-25;1-2-4-5-3-1;2-1-3/h6,8,15,18-20,22H,7,9-14,16-17H2,1-5H3,(H,27,31)(H,28,32);15-18H,6-14,22H2,1-5H3,(H,23,26);1-4H;/t18-,19-,20+,22?,26+;15-,16-,17+,18?,21+;;/m00../s1. The van der Waals surface area contributed by atoms with Crippen molar-refractivity contribution in [2.24, 2.45) is 62.9 Å². The van der Waals surface area contributed by atoms with Gasteiger partial charge in [0.05, 0.1) is 18.8 Å². The highest BCUT2D eigenvalue weighted by atomic mass is 16.3. The van der Waals surface area contributed by atoms with Crippen LogP contribution in [0.5, 0.6) is 0 Å². The number of hydrogen-bond donors (Lipinski definition) is 4. The Hall–Kier alpha value is -4.17. The molecule has 4 heterocycles. The Kier molecular flexibility index (Phi) is 18.8. The van der Waals surface area contributed by atoms with Crippen LogP contribution in [0.15, 0.2) is 51.9 Å². The number of nitrogens with one attached hydrogen (secondary N) is 3. The van der Waals surface area contributed by atoms with Gasteiger partial charge >= 0.3 is 18.2 Å². The van der Waals surface area contributed by atoms with Gasteiger partial charge in [0.2, 0.25) is 0 Å². The van der Waals surface area contributed by atoms with Crippen molar-refractivity contribution in [3.63, 3.8) is 0 Å². The molecule has 6 fully saturated rings. The molecule has 0 radical (unpaired) electrons. The molecule has 5 N–H and O–H groups in total. The third-order valence-electron chi connectivity index (χ3n) is 17.9. The highest BCUT2D eigenvalue weighted by Crippen LogP contribution is 2.62. The number of carbonyl (C=O) groups excluding carboxylic acids is 5. The predicted molar refractivity (Wildman–Crippen MR) is 260 cm³/mol. The zero-order chi connectivity index (χ0) is 49.2. The third-order valence-corrected chi connectivity index (χ3v) is 17.9. The molecule has 2 aliphatic heterocycles. The van der Waals surface area contributed by atoms with E-state index < -0.39 is 0 Å². The van der Waals surface area contributed by atoms with E-state index in [1.807, 2.05) is 21.9 Å². The lowest BCUT2D eigenvalue weighted by atomic mass is 9.45. The number of amides is 5. The van der Waals surface area contributed by atoms with Gasteiger partial charge in [-0.15, -0.1) is 0 Å². The van der Waals surface area contributed by atoms with Crippen LogP contribution in [0.2, 0.25) is 0 Å². The van der Waals surface area contributed by atoms with Crippen molar-refractivity contribution in [1.29, 1.82) is 0 Å². The van der Waals surface area contributed by atoms with Crippen molar-refractivity contribution >= 4 is 24.1 Å². The number of furan rings is 2. The topological polar surface area (TPSA) is 187 Å². The molecular weight excluding hydrogens is 849 g/mol. The normalized spacial score (nSPS) is 33.5. The van der Waals surface area contributed by atoms with E-state index in [4.69, 9.17) is 19.7 Å². The number of nitrogens with two attached hydrogens (primary N) is 1. The summed E-state index contributed by atoms with van der Waals surface area (Å²) in [7, 11) is 4.22. The fourth-order valence-corrected chi connectivity index (χ4v) is 13.8. The quantitative estimate of drug-likeness (QED) is 0.230. The first-order valence-electron chi connectivity index (χ1n) is 25.2. The molecule has 376 valence electrons. The Balaban J connectivity index is 0.000000219. The molecule has 2 saturated heterocycles. The van der Waals surface area contributed by atoms with E-state index >= 15 is 0 Å².